The van der Waals surface area contributed by atoms with Crippen LogP contribution in [0.3, 0.4) is 0 Å². The summed E-state index contributed by atoms with van der Waals surface area (Å²) >= 11 is 0. The van der Waals surface area contributed by atoms with Crippen LogP contribution in [0.1, 0.15) is 43.2 Å². The first kappa shape index (κ1) is 25.7. The van der Waals surface area contributed by atoms with E-state index in [0.29, 0.717) is 31.5 Å². The fourth-order valence-corrected chi connectivity index (χ4v) is 3.52. The predicted octanol–water partition coefficient (Wildman–Crippen LogP) is 3.12. The van der Waals surface area contributed by atoms with Crippen molar-refractivity contribution in [3.63, 3.8) is 0 Å². The van der Waals surface area contributed by atoms with E-state index in [2.05, 4.69) is 25.8 Å². The molecule has 1 atom stereocenters. The van der Waals surface area contributed by atoms with E-state index in [4.69, 9.17) is 0 Å². The quantitative estimate of drug-likeness (QED) is 0.200. The maximum Gasteiger partial charge on any atom is 0.416 e. The zero-order valence-electron chi connectivity index (χ0n) is 17.7. The lowest BCUT2D eigenvalue weighted by atomic mass is 10.1. The summed E-state index contributed by atoms with van der Waals surface area (Å²) < 4.78 is 38.0. The average molecular weight is 553 g/mol. The predicted molar refractivity (Wildman–Crippen MR) is 125 cm³/mol. The standard InChI is InChI=1S/C21H30F3N5O.HI/c1-25-20(26-11-2-3-19(30)27-17-8-9-17)28-18-10-12-29(14-18)13-15-4-6-16(7-5-15)21(22,23)24;/h4-7,17-18H,2-3,8-14H2,1H3,(H,27,30)(H2,25,26,28);1H. The molecule has 1 saturated carbocycles. The molecule has 0 aromatic heterocycles. The van der Waals surface area contributed by atoms with E-state index in [1.54, 1.807) is 19.2 Å². The summed E-state index contributed by atoms with van der Waals surface area (Å²) in [7, 11) is 1.71. The second kappa shape index (κ2) is 11.9. The highest BCUT2D eigenvalue weighted by molar-refractivity contribution is 14.0. The van der Waals surface area contributed by atoms with Crippen molar-refractivity contribution in [1.82, 2.24) is 20.9 Å². The smallest absolute Gasteiger partial charge is 0.356 e. The molecule has 1 aromatic carbocycles. The van der Waals surface area contributed by atoms with Gasteiger partial charge in [0, 0.05) is 51.7 Å². The van der Waals surface area contributed by atoms with E-state index < -0.39 is 11.7 Å². The molecule has 1 aliphatic heterocycles. The molecule has 1 unspecified atom stereocenters. The van der Waals surface area contributed by atoms with E-state index >= 15 is 0 Å². The molecule has 1 amide bonds. The maximum atomic E-state index is 12.7. The Morgan fingerprint density at radius 3 is 2.45 bits per heavy atom. The third kappa shape index (κ3) is 8.83. The van der Waals surface area contributed by atoms with Crippen molar-refractivity contribution in [1.29, 1.82) is 0 Å². The van der Waals surface area contributed by atoms with Gasteiger partial charge in [0.15, 0.2) is 5.96 Å². The summed E-state index contributed by atoms with van der Waals surface area (Å²) in [6.07, 6.45) is 0.0701. The average Bonchev–Trinajstić information content (AvgIpc) is 3.41. The molecule has 6 nitrogen and oxygen atoms in total. The Morgan fingerprint density at radius 2 is 1.84 bits per heavy atom. The largest absolute Gasteiger partial charge is 0.416 e. The van der Waals surface area contributed by atoms with Gasteiger partial charge in [0.2, 0.25) is 5.91 Å². The van der Waals surface area contributed by atoms with Crippen LogP contribution in [0.4, 0.5) is 13.2 Å². The van der Waals surface area contributed by atoms with Crippen molar-refractivity contribution < 1.29 is 18.0 Å². The number of alkyl halides is 3. The van der Waals surface area contributed by atoms with Crippen LogP contribution in [-0.2, 0) is 17.5 Å². The lowest BCUT2D eigenvalue weighted by molar-refractivity contribution is -0.137. The van der Waals surface area contributed by atoms with E-state index in [0.717, 1.165) is 56.5 Å². The Kier molecular flexibility index (Phi) is 9.86. The van der Waals surface area contributed by atoms with Crippen molar-refractivity contribution in [3.8, 4) is 0 Å². The van der Waals surface area contributed by atoms with Gasteiger partial charge in [0.25, 0.3) is 0 Å². The second-order valence-corrected chi connectivity index (χ2v) is 8.00. The molecule has 0 spiro atoms. The minimum Gasteiger partial charge on any atom is -0.356 e. The number of carbonyl (C=O) groups excluding carboxylic acids is 1. The molecule has 31 heavy (non-hydrogen) atoms. The number of carbonyl (C=O) groups is 1. The molecule has 0 bridgehead atoms. The molecular weight excluding hydrogens is 522 g/mol. The van der Waals surface area contributed by atoms with Crippen molar-refractivity contribution in [2.24, 2.45) is 4.99 Å². The van der Waals surface area contributed by atoms with Gasteiger partial charge >= 0.3 is 6.18 Å². The van der Waals surface area contributed by atoms with E-state index in [9.17, 15) is 18.0 Å². The first-order valence-electron chi connectivity index (χ1n) is 10.5. The number of amides is 1. The van der Waals surface area contributed by atoms with E-state index in [1.165, 1.54) is 0 Å². The zero-order chi connectivity index (χ0) is 21.6. The highest BCUT2D eigenvalue weighted by Crippen LogP contribution is 2.29. The molecule has 2 fully saturated rings. The lowest BCUT2D eigenvalue weighted by Crippen LogP contribution is -2.44. The molecular formula is C21H31F3IN5O. The number of nitrogens with one attached hydrogen (secondary N) is 3. The van der Waals surface area contributed by atoms with Crippen LogP contribution in [0.5, 0.6) is 0 Å². The van der Waals surface area contributed by atoms with Gasteiger partial charge in [0.05, 0.1) is 5.56 Å². The number of likely N-dealkylation sites (tertiary alicyclic amines) is 1. The Morgan fingerprint density at radius 1 is 1.13 bits per heavy atom. The van der Waals surface area contributed by atoms with Crippen molar-refractivity contribution in [2.45, 2.75) is 56.9 Å². The lowest BCUT2D eigenvalue weighted by Gasteiger charge is -2.19. The van der Waals surface area contributed by atoms with Gasteiger partial charge < -0.3 is 16.0 Å². The number of guanidine groups is 1. The fraction of sp³-hybridized carbons (Fsp3) is 0.619. The molecule has 3 N–H and O–H groups in total. The topological polar surface area (TPSA) is 68.8 Å². The van der Waals surface area contributed by atoms with Crippen LogP contribution in [0.25, 0.3) is 0 Å². The molecule has 174 valence electrons. The molecule has 0 radical (unpaired) electrons. The zero-order valence-corrected chi connectivity index (χ0v) is 20.0. The number of aliphatic imine (C=N–C) groups is 1. The normalized spacial score (nSPS) is 19.6. The molecule has 2 aliphatic rings. The number of halogens is 4. The summed E-state index contributed by atoms with van der Waals surface area (Å²) in [4.78, 5) is 18.1. The molecule has 3 rings (SSSR count). The molecule has 10 heteroatoms. The van der Waals surface area contributed by atoms with Gasteiger partial charge in [0.1, 0.15) is 0 Å². The number of hydrogen-bond donors (Lipinski definition) is 3. The van der Waals surface area contributed by atoms with Crippen LogP contribution >= 0.6 is 24.0 Å². The van der Waals surface area contributed by atoms with Crippen LogP contribution in [0, 0.1) is 0 Å². The number of hydrogen-bond acceptors (Lipinski definition) is 3. The summed E-state index contributed by atoms with van der Waals surface area (Å²) in [5, 5.41) is 9.60. The summed E-state index contributed by atoms with van der Waals surface area (Å²) in [6.45, 7) is 2.96. The molecule has 1 aromatic rings. The minimum atomic E-state index is -4.30. The third-order valence-electron chi connectivity index (χ3n) is 5.34. The SMILES string of the molecule is CN=C(NCCCC(=O)NC1CC1)NC1CCN(Cc2ccc(C(F)(F)F)cc2)C1.I. The second-order valence-electron chi connectivity index (χ2n) is 8.00. The third-order valence-corrected chi connectivity index (χ3v) is 5.34. The highest BCUT2D eigenvalue weighted by atomic mass is 127. The Balaban J connectivity index is 0.00000341. The Hall–Kier alpha value is -1.56. The van der Waals surface area contributed by atoms with Crippen LogP contribution in [0.2, 0.25) is 0 Å². The van der Waals surface area contributed by atoms with Crippen molar-refractivity contribution in [2.75, 3.05) is 26.7 Å². The van der Waals surface area contributed by atoms with Crippen molar-refractivity contribution in [3.05, 3.63) is 35.4 Å². The van der Waals surface area contributed by atoms with Crippen LogP contribution in [-0.4, -0.2) is 55.5 Å². The first-order valence-corrected chi connectivity index (χ1v) is 10.5. The molecule has 1 heterocycles. The van der Waals surface area contributed by atoms with Gasteiger partial charge in [-0.15, -0.1) is 24.0 Å². The van der Waals surface area contributed by atoms with Gasteiger partial charge in [-0.3, -0.25) is 14.7 Å². The number of nitrogens with zero attached hydrogens (tertiary/aromatic N) is 2. The summed E-state index contributed by atoms with van der Waals surface area (Å²) in [5.74, 6) is 0.816. The highest BCUT2D eigenvalue weighted by Gasteiger charge is 2.30. The van der Waals surface area contributed by atoms with Gasteiger partial charge in [-0.25, -0.2) is 0 Å². The molecule has 1 aliphatic carbocycles. The number of benzene rings is 1. The van der Waals surface area contributed by atoms with Gasteiger partial charge in [-0.05, 0) is 43.4 Å². The molecule has 1 saturated heterocycles. The minimum absolute atomic E-state index is 0. The van der Waals surface area contributed by atoms with Crippen LogP contribution < -0.4 is 16.0 Å². The van der Waals surface area contributed by atoms with Gasteiger partial charge in [-0.2, -0.15) is 13.2 Å². The summed E-state index contributed by atoms with van der Waals surface area (Å²) in [6, 6.07) is 5.99. The number of rotatable bonds is 8. The maximum absolute atomic E-state index is 12.7. The van der Waals surface area contributed by atoms with Crippen LogP contribution in [0.15, 0.2) is 29.3 Å². The van der Waals surface area contributed by atoms with E-state index in [-0.39, 0.29) is 35.9 Å². The monoisotopic (exact) mass is 553 g/mol. The van der Waals surface area contributed by atoms with E-state index in [1.807, 2.05) is 0 Å². The Bertz CT molecular complexity index is 738. The first-order chi connectivity index (χ1) is 14.3. The fourth-order valence-electron chi connectivity index (χ4n) is 3.52. The van der Waals surface area contributed by atoms with Gasteiger partial charge in [-0.1, -0.05) is 12.1 Å². The Labute approximate surface area is 198 Å². The van der Waals surface area contributed by atoms with Crippen molar-refractivity contribution >= 4 is 35.8 Å². The summed E-state index contributed by atoms with van der Waals surface area (Å²) in [5.41, 5.74) is 0.253.